The fraction of sp³-hybridized carbons (Fsp3) is 0.500. The highest BCUT2D eigenvalue weighted by atomic mass is 32.2. The van der Waals surface area contributed by atoms with Gasteiger partial charge in [0.25, 0.3) is 0 Å². The number of fused-ring (bicyclic) bond motifs is 3. The van der Waals surface area contributed by atoms with Crippen molar-refractivity contribution in [3.63, 3.8) is 0 Å². The van der Waals surface area contributed by atoms with E-state index in [1.807, 2.05) is 19.2 Å². The number of sulfonamides is 1. The number of aromatic amines is 1. The molecule has 2 fully saturated rings. The van der Waals surface area contributed by atoms with Crippen LogP contribution in [0.5, 0.6) is 5.75 Å². The SMILES string of the molecule is Cc1nc(C2CCC(CS(=O)(=O)N3CCCC(COc4ccc(C(F)(F)F)cc4)C3)CC2)c2c(cnc3[nH]ccc32)n1. The zero-order chi connectivity index (χ0) is 29.5. The second kappa shape index (κ2) is 11.4. The highest BCUT2D eigenvalue weighted by Crippen LogP contribution is 2.40. The van der Waals surface area contributed by atoms with Crippen LogP contribution in [0, 0.1) is 18.8 Å². The van der Waals surface area contributed by atoms with Gasteiger partial charge in [-0.2, -0.15) is 13.2 Å². The summed E-state index contributed by atoms with van der Waals surface area (Å²) in [7, 11) is -3.45. The van der Waals surface area contributed by atoms with Crippen molar-refractivity contribution in [2.24, 2.45) is 11.8 Å². The molecule has 1 aliphatic carbocycles. The maximum atomic E-state index is 13.4. The summed E-state index contributed by atoms with van der Waals surface area (Å²) < 4.78 is 72.6. The van der Waals surface area contributed by atoms with Crippen LogP contribution in [0.4, 0.5) is 13.2 Å². The number of nitrogens with zero attached hydrogens (tertiary/aromatic N) is 4. The Hall–Kier alpha value is -3.25. The summed E-state index contributed by atoms with van der Waals surface area (Å²) in [6.45, 7) is 3.01. The Morgan fingerprint density at radius 2 is 1.79 bits per heavy atom. The summed E-state index contributed by atoms with van der Waals surface area (Å²) in [5, 5.41) is 2.04. The van der Waals surface area contributed by atoms with Gasteiger partial charge < -0.3 is 9.72 Å². The maximum absolute atomic E-state index is 13.4. The van der Waals surface area contributed by atoms with E-state index in [1.165, 1.54) is 12.1 Å². The number of aromatic nitrogens is 4. The van der Waals surface area contributed by atoms with E-state index in [9.17, 15) is 21.6 Å². The van der Waals surface area contributed by atoms with Crippen LogP contribution in [-0.2, 0) is 16.2 Å². The number of hydrogen-bond acceptors (Lipinski definition) is 6. The number of alkyl halides is 3. The number of halogens is 3. The monoisotopic (exact) mass is 601 g/mol. The van der Waals surface area contributed by atoms with E-state index >= 15 is 0 Å². The largest absolute Gasteiger partial charge is 0.493 e. The van der Waals surface area contributed by atoms with Crippen molar-refractivity contribution in [1.82, 2.24) is 24.2 Å². The molecule has 1 aromatic carbocycles. The standard InChI is InChI=1S/C30H34F3N5O3S/c1-19-36-26-15-35-29-25(12-13-34-29)27(26)28(37-19)22-6-4-20(5-7-22)18-42(39,40)38-14-2-3-21(16-38)17-41-24-10-8-23(9-11-24)30(31,32)33/h8-13,15,20-22H,2-7,14,16-18H2,1H3,(H,34,35). The van der Waals surface area contributed by atoms with Crippen LogP contribution in [-0.4, -0.2) is 58.1 Å². The Bertz CT molecular complexity index is 1670. The Kier molecular flexibility index (Phi) is 7.86. The third kappa shape index (κ3) is 6.10. The second-order valence-electron chi connectivity index (χ2n) is 11.6. The van der Waals surface area contributed by atoms with Crippen molar-refractivity contribution in [3.8, 4) is 5.75 Å². The van der Waals surface area contributed by atoms with Gasteiger partial charge in [-0.25, -0.2) is 27.7 Å². The molecule has 8 nitrogen and oxygen atoms in total. The topological polar surface area (TPSA) is 101 Å². The molecule has 1 N–H and O–H groups in total. The molecule has 2 aliphatic rings. The molecule has 0 bridgehead atoms. The van der Waals surface area contributed by atoms with Crippen LogP contribution in [0.25, 0.3) is 21.9 Å². The lowest BCUT2D eigenvalue weighted by atomic mass is 9.80. The number of H-pyrrole nitrogens is 1. The van der Waals surface area contributed by atoms with Gasteiger partial charge in [-0.3, -0.25) is 0 Å². The third-order valence-corrected chi connectivity index (χ3v) is 10.6. The third-order valence-electron chi connectivity index (χ3n) is 8.61. The van der Waals surface area contributed by atoms with Crippen LogP contribution >= 0.6 is 0 Å². The van der Waals surface area contributed by atoms with Crippen LogP contribution < -0.4 is 4.74 Å². The Morgan fingerprint density at radius 3 is 2.52 bits per heavy atom. The smallest absolute Gasteiger partial charge is 0.416 e. The van der Waals surface area contributed by atoms with Gasteiger partial charge in [0, 0.05) is 41.9 Å². The van der Waals surface area contributed by atoms with E-state index in [4.69, 9.17) is 9.72 Å². The molecule has 12 heteroatoms. The van der Waals surface area contributed by atoms with Crippen molar-refractivity contribution >= 4 is 32.0 Å². The van der Waals surface area contributed by atoms with E-state index in [1.54, 1.807) is 10.5 Å². The molecule has 224 valence electrons. The Labute approximate surface area is 242 Å². The van der Waals surface area contributed by atoms with Gasteiger partial charge in [-0.05, 0) is 81.7 Å². The first kappa shape index (κ1) is 28.9. The maximum Gasteiger partial charge on any atom is 0.416 e. The van der Waals surface area contributed by atoms with Gasteiger partial charge in [-0.15, -0.1) is 0 Å². The van der Waals surface area contributed by atoms with Gasteiger partial charge in [0.2, 0.25) is 10.0 Å². The molecule has 1 saturated heterocycles. The fourth-order valence-corrected chi connectivity index (χ4v) is 8.44. The zero-order valence-electron chi connectivity index (χ0n) is 23.4. The number of piperidine rings is 1. The first-order valence-electron chi connectivity index (χ1n) is 14.4. The summed E-state index contributed by atoms with van der Waals surface area (Å²) in [6, 6.07) is 6.60. The summed E-state index contributed by atoms with van der Waals surface area (Å²) in [4.78, 5) is 17.1. The summed E-state index contributed by atoms with van der Waals surface area (Å²) in [5.41, 5.74) is 1.93. The minimum Gasteiger partial charge on any atom is -0.493 e. The molecule has 1 saturated carbocycles. The molecule has 0 radical (unpaired) electrons. The molecule has 3 aromatic heterocycles. The first-order valence-corrected chi connectivity index (χ1v) is 16.1. The van der Waals surface area contributed by atoms with E-state index < -0.39 is 21.8 Å². The number of hydrogen-bond donors (Lipinski definition) is 1. The van der Waals surface area contributed by atoms with Gasteiger partial charge in [0.15, 0.2) is 0 Å². The van der Waals surface area contributed by atoms with Crippen molar-refractivity contribution in [2.45, 2.75) is 57.5 Å². The lowest BCUT2D eigenvalue weighted by Gasteiger charge is -2.34. The molecule has 0 spiro atoms. The number of rotatable bonds is 7. The number of aryl methyl sites for hydroxylation is 1. The molecule has 1 aliphatic heterocycles. The molecule has 1 atom stereocenters. The molecule has 1 unspecified atom stereocenters. The van der Waals surface area contributed by atoms with E-state index in [-0.39, 0.29) is 30.1 Å². The molecule has 4 aromatic rings. The minimum atomic E-state index is -4.40. The molecule has 4 heterocycles. The summed E-state index contributed by atoms with van der Waals surface area (Å²) >= 11 is 0. The van der Waals surface area contributed by atoms with Gasteiger partial charge in [0.05, 0.1) is 35.3 Å². The predicted octanol–water partition coefficient (Wildman–Crippen LogP) is 6.23. The average Bonchev–Trinajstić information content (AvgIpc) is 3.45. The predicted molar refractivity (Wildman–Crippen MR) is 154 cm³/mol. The number of pyridine rings is 1. The van der Waals surface area contributed by atoms with Crippen molar-refractivity contribution in [1.29, 1.82) is 0 Å². The highest BCUT2D eigenvalue weighted by molar-refractivity contribution is 7.89. The van der Waals surface area contributed by atoms with Crippen LogP contribution in [0.3, 0.4) is 0 Å². The van der Waals surface area contributed by atoms with E-state index in [2.05, 4.69) is 15.0 Å². The summed E-state index contributed by atoms with van der Waals surface area (Å²) in [5.74, 6) is 1.48. The fourth-order valence-electron chi connectivity index (χ4n) is 6.45. The zero-order valence-corrected chi connectivity index (χ0v) is 24.2. The minimum absolute atomic E-state index is 0.0133. The first-order chi connectivity index (χ1) is 20.1. The van der Waals surface area contributed by atoms with Crippen molar-refractivity contribution < 1.29 is 26.3 Å². The Morgan fingerprint density at radius 1 is 1.02 bits per heavy atom. The van der Waals surface area contributed by atoms with Crippen LogP contribution in [0.1, 0.15) is 61.5 Å². The van der Waals surface area contributed by atoms with E-state index in [0.717, 1.165) is 78.3 Å². The quantitative estimate of drug-likeness (QED) is 0.270. The van der Waals surface area contributed by atoms with Gasteiger partial charge in [0.1, 0.15) is 17.2 Å². The molecular formula is C30H34F3N5O3S. The van der Waals surface area contributed by atoms with Crippen LogP contribution in [0.2, 0.25) is 0 Å². The summed E-state index contributed by atoms with van der Waals surface area (Å²) in [6.07, 6.45) is 4.15. The van der Waals surface area contributed by atoms with Crippen molar-refractivity contribution in [2.75, 3.05) is 25.4 Å². The normalized spacial score (nSPS) is 22.5. The lowest BCUT2D eigenvalue weighted by molar-refractivity contribution is -0.137. The Balaban J connectivity index is 1.06. The average molecular weight is 602 g/mol. The molecule has 42 heavy (non-hydrogen) atoms. The number of nitrogens with one attached hydrogen (secondary N) is 1. The number of ether oxygens (including phenoxy) is 1. The second-order valence-corrected chi connectivity index (χ2v) is 13.6. The number of benzene rings is 1. The molecule has 0 amide bonds. The van der Waals surface area contributed by atoms with Crippen molar-refractivity contribution in [3.05, 3.63) is 59.8 Å². The van der Waals surface area contributed by atoms with E-state index in [0.29, 0.717) is 24.7 Å². The lowest BCUT2D eigenvalue weighted by Crippen LogP contribution is -2.43. The van der Waals surface area contributed by atoms with Gasteiger partial charge in [-0.1, -0.05) is 0 Å². The highest BCUT2D eigenvalue weighted by Gasteiger charge is 2.34. The van der Waals surface area contributed by atoms with Gasteiger partial charge >= 0.3 is 6.18 Å². The van der Waals surface area contributed by atoms with Crippen LogP contribution in [0.15, 0.2) is 42.7 Å². The molecule has 6 rings (SSSR count). The molecular weight excluding hydrogens is 567 g/mol.